The summed E-state index contributed by atoms with van der Waals surface area (Å²) in [6.07, 6.45) is 4.42. The number of carbonyl (C=O) groups is 1. The molecule has 248 valence electrons. The van der Waals surface area contributed by atoms with Crippen molar-refractivity contribution < 1.29 is 13.6 Å². The van der Waals surface area contributed by atoms with Gasteiger partial charge in [-0.05, 0) is 76.0 Å². The van der Waals surface area contributed by atoms with Gasteiger partial charge in [0.05, 0.1) is 52.7 Å². The molecular formula is C36H37ClF2N8O. The standard InChI is InChI=1S/C36H37ClF2N8O/c1-19-11-22-14-41-15-26(22)29(20(19)2)30-28(37)13-25-32(31(30)39)43-34(45-17-36(4,18-45)44(5)6)27-16-42-47(33(25)27)24-8-10-46(35(48)21(3)38)23(12-24)7-9-40/h11,13,15-16,23-24H,3,7-8,10,12,14,17-18H2,1-2,4-6H3/t23-,24+/m1/s1. The predicted octanol–water partition coefficient (Wildman–Crippen LogP) is 6.66. The molecule has 1 amide bonds. The van der Waals surface area contributed by atoms with Gasteiger partial charge in [-0.15, -0.1) is 0 Å². The number of rotatable bonds is 6. The number of aliphatic imine (C=N–C) groups is 1. The molecule has 0 saturated carbocycles. The number of pyridine rings is 1. The van der Waals surface area contributed by atoms with E-state index < -0.39 is 23.6 Å². The van der Waals surface area contributed by atoms with E-state index >= 15 is 4.39 Å². The molecule has 2 aromatic heterocycles. The second-order valence-electron chi connectivity index (χ2n) is 13.8. The zero-order chi connectivity index (χ0) is 34.2. The number of fused-ring (bicyclic) bond motifs is 4. The lowest BCUT2D eigenvalue weighted by atomic mass is 9.88. The summed E-state index contributed by atoms with van der Waals surface area (Å²) in [5.41, 5.74) is 5.68. The number of likely N-dealkylation sites (tertiary alicyclic amines) is 1. The minimum atomic E-state index is -1.05. The molecule has 2 saturated heterocycles. The van der Waals surface area contributed by atoms with Crippen molar-refractivity contribution in [3.05, 3.63) is 63.8 Å². The third-order valence-electron chi connectivity index (χ3n) is 10.7. The van der Waals surface area contributed by atoms with Crippen LogP contribution in [0.2, 0.25) is 5.02 Å². The highest BCUT2D eigenvalue weighted by Crippen LogP contribution is 2.45. The van der Waals surface area contributed by atoms with Crippen molar-refractivity contribution >= 4 is 51.3 Å². The summed E-state index contributed by atoms with van der Waals surface area (Å²) >= 11 is 7.05. The molecule has 2 atom stereocenters. The van der Waals surface area contributed by atoms with Crippen LogP contribution in [-0.2, 0) is 11.3 Å². The van der Waals surface area contributed by atoms with Crippen LogP contribution in [0.5, 0.6) is 0 Å². The van der Waals surface area contributed by atoms with Gasteiger partial charge in [-0.25, -0.2) is 13.8 Å². The first kappa shape index (κ1) is 32.2. The van der Waals surface area contributed by atoms with Crippen molar-refractivity contribution in [2.24, 2.45) is 4.99 Å². The van der Waals surface area contributed by atoms with Gasteiger partial charge in [0.1, 0.15) is 11.3 Å². The molecule has 0 radical (unpaired) electrons. The van der Waals surface area contributed by atoms with E-state index in [9.17, 15) is 14.4 Å². The Morgan fingerprint density at radius 1 is 1.23 bits per heavy atom. The summed E-state index contributed by atoms with van der Waals surface area (Å²) in [5, 5.41) is 15.9. The Morgan fingerprint density at radius 3 is 2.67 bits per heavy atom. The lowest BCUT2D eigenvalue weighted by Crippen LogP contribution is -2.67. The van der Waals surface area contributed by atoms with Crippen LogP contribution in [0.15, 0.2) is 35.7 Å². The Balaban J connectivity index is 1.44. The smallest absolute Gasteiger partial charge is 0.282 e. The minimum Gasteiger partial charge on any atom is -0.352 e. The highest BCUT2D eigenvalue weighted by atomic mass is 35.5. The van der Waals surface area contributed by atoms with E-state index in [4.69, 9.17) is 21.7 Å². The molecule has 48 heavy (non-hydrogen) atoms. The minimum absolute atomic E-state index is 0.0342. The number of aromatic nitrogens is 3. The zero-order valence-electron chi connectivity index (χ0n) is 27.7. The molecule has 0 aliphatic carbocycles. The number of halogens is 3. The molecule has 3 aliphatic heterocycles. The summed E-state index contributed by atoms with van der Waals surface area (Å²) in [7, 11) is 4.09. The molecule has 5 heterocycles. The van der Waals surface area contributed by atoms with E-state index in [-0.39, 0.29) is 35.1 Å². The second kappa shape index (κ2) is 11.6. The molecule has 2 fully saturated rings. The van der Waals surface area contributed by atoms with Gasteiger partial charge >= 0.3 is 0 Å². The van der Waals surface area contributed by atoms with E-state index in [0.717, 1.165) is 33.2 Å². The number of amides is 1. The highest BCUT2D eigenvalue weighted by Gasteiger charge is 2.43. The van der Waals surface area contributed by atoms with Gasteiger partial charge in [-0.3, -0.25) is 14.5 Å². The third kappa shape index (κ3) is 4.88. The first-order valence-electron chi connectivity index (χ1n) is 16.1. The van der Waals surface area contributed by atoms with Crippen LogP contribution < -0.4 is 4.90 Å². The number of anilines is 1. The molecule has 2 aromatic carbocycles. The zero-order valence-corrected chi connectivity index (χ0v) is 28.5. The van der Waals surface area contributed by atoms with Crippen molar-refractivity contribution in [1.29, 1.82) is 5.26 Å². The Labute approximate surface area is 283 Å². The fourth-order valence-electron chi connectivity index (χ4n) is 7.63. The van der Waals surface area contributed by atoms with Crippen LogP contribution in [0.25, 0.3) is 32.9 Å². The van der Waals surface area contributed by atoms with Crippen molar-refractivity contribution in [1.82, 2.24) is 24.6 Å². The SMILES string of the molecule is C=C(F)C(=O)N1CC[C@H](n2ncc3c(N4CC(C)(N(C)C)C4)nc4c(F)c(-c5c(C)c(C)cc6c5C=NC6)c(Cl)cc4c32)C[C@H]1CC#N. The number of carbonyl (C=O) groups excluding carboxylic acids is 1. The second-order valence-corrected chi connectivity index (χ2v) is 14.2. The summed E-state index contributed by atoms with van der Waals surface area (Å²) in [5.74, 6) is -1.73. The lowest BCUT2D eigenvalue weighted by molar-refractivity contribution is -0.132. The topological polar surface area (TPSA) is 93.7 Å². The first-order valence-corrected chi connectivity index (χ1v) is 16.5. The van der Waals surface area contributed by atoms with Crippen molar-refractivity contribution in [3.63, 3.8) is 0 Å². The van der Waals surface area contributed by atoms with Crippen LogP contribution in [0.3, 0.4) is 0 Å². The van der Waals surface area contributed by atoms with Gasteiger partial charge in [0.25, 0.3) is 5.91 Å². The van der Waals surface area contributed by atoms with E-state index in [1.807, 2.05) is 32.6 Å². The van der Waals surface area contributed by atoms with Gasteiger partial charge in [-0.2, -0.15) is 10.4 Å². The predicted molar refractivity (Wildman–Crippen MR) is 185 cm³/mol. The maximum atomic E-state index is 17.3. The number of nitrogens with zero attached hydrogens (tertiary/aromatic N) is 8. The van der Waals surface area contributed by atoms with Crippen LogP contribution >= 0.6 is 11.6 Å². The number of aryl methyl sites for hydroxylation is 1. The quantitative estimate of drug-likeness (QED) is 0.213. The molecule has 4 aromatic rings. The summed E-state index contributed by atoms with van der Waals surface area (Å²) in [6, 6.07) is 5.24. The molecule has 0 N–H and O–H groups in total. The van der Waals surface area contributed by atoms with E-state index in [1.54, 1.807) is 18.5 Å². The Bertz CT molecular complexity index is 2110. The Kier molecular flexibility index (Phi) is 7.80. The number of hydrogen-bond acceptors (Lipinski definition) is 7. The normalized spacial score (nSPS) is 20.0. The lowest BCUT2D eigenvalue weighted by Gasteiger charge is -2.52. The highest BCUT2D eigenvalue weighted by molar-refractivity contribution is 6.35. The average Bonchev–Trinajstić information content (AvgIpc) is 3.68. The fraction of sp³-hybridized carbons (Fsp3) is 0.417. The van der Waals surface area contributed by atoms with Gasteiger partial charge in [0.2, 0.25) is 0 Å². The Morgan fingerprint density at radius 2 is 1.98 bits per heavy atom. The number of hydrogen-bond donors (Lipinski definition) is 0. The molecule has 12 heteroatoms. The van der Waals surface area contributed by atoms with Crippen LogP contribution in [0.1, 0.15) is 54.5 Å². The molecule has 9 nitrogen and oxygen atoms in total. The maximum absolute atomic E-state index is 17.3. The van der Waals surface area contributed by atoms with Gasteiger partial charge in [0, 0.05) is 48.4 Å². The van der Waals surface area contributed by atoms with Crippen LogP contribution in [0.4, 0.5) is 14.6 Å². The van der Waals surface area contributed by atoms with E-state index in [0.29, 0.717) is 54.8 Å². The van der Waals surface area contributed by atoms with E-state index in [1.165, 1.54) is 4.90 Å². The number of benzene rings is 2. The fourth-order valence-corrected chi connectivity index (χ4v) is 7.92. The summed E-state index contributed by atoms with van der Waals surface area (Å²) in [4.78, 5) is 27.8. The molecule has 7 rings (SSSR count). The number of likely N-dealkylation sites (N-methyl/N-ethyl adjacent to an activating group) is 1. The first-order chi connectivity index (χ1) is 22.8. The van der Waals surface area contributed by atoms with Crippen molar-refractivity contribution in [3.8, 4) is 17.2 Å². The monoisotopic (exact) mass is 670 g/mol. The number of nitriles is 1. The number of piperidine rings is 1. The van der Waals surface area contributed by atoms with E-state index in [2.05, 4.69) is 40.4 Å². The molecule has 3 aliphatic rings. The van der Waals surface area contributed by atoms with Crippen molar-refractivity contribution in [2.75, 3.05) is 38.6 Å². The van der Waals surface area contributed by atoms with Gasteiger partial charge in [-0.1, -0.05) is 24.2 Å². The molecule has 0 unspecified atom stereocenters. The average molecular weight is 671 g/mol. The molecule has 0 spiro atoms. The van der Waals surface area contributed by atoms with Crippen molar-refractivity contribution in [2.45, 2.75) is 64.2 Å². The van der Waals surface area contributed by atoms with Crippen LogP contribution in [-0.4, -0.2) is 82.0 Å². The molecular weight excluding hydrogens is 634 g/mol. The maximum Gasteiger partial charge on any atom is 0.282 e. The molecule has 0 bridgehead atoms. The summed E-state index contributed by atoms with van der Waals surface area (Å²) in [6.45, 7) is 11.5. The largest absolute Gasteiger partial charge is 0.352 e. The summed E-state index contributed by atoms with van der Waals surface area (Å²) < 4.78 is 33.0. The van der Waals surface area contributed by atoms with Crippen LogP contribution in [0, 0.1) is 31.0 Å². The van der Waals surface area contributed by atoms with Gasteiger partial charge in [0.15, 0.2) is 11.6 Å². The Hall–Kier alpha value is -4.40. The third-order valence-corrected chi connectivity index (χ3v) is 11.0. The van der Waals surface area contributed by atoms with Gasteiger partial charge < -0.3 is 14.7 Å².